The number of allylic oxidation sites excluding steroid dienone is 1. The van der Waals surface area contributed by atoms with Crippen LogP contribution in [-0.4, -0.2) is 11.6 Å². The second-order valence-electron chi connectivity index (χ2n) is 7.67. The average Bonchev–Trinajstić information content (AvgIpc) is 2.40. The fourth-order valence-corrected chi connectivity index (χ4v) is 5.51. The van der Waals surface area contributed by atoms with Crippen LogP contribution >= 0.6 is 0 Å². The number of hydrogen-bond donors (Lipinski definition) is 0. The van der Waals surface area contributed by atoms with Crippen molar-refractivity contribution in [3.63, 3.8) is 0 Å². The van der Waals surface area contributed by atoms with E-state index in [1.807, 2.05) is 19.9 Å². The second-order valence-corrected chi connectivity index (χ2v) is 7.67. The van der Waals surface area contributed by atoms with Crippen molar-refractivity contribution in [3.8, 4) is 0 Å². The Morgan fingerprint density at radius 1 is 1.10 bits per heavy atom. The number of carbonyl (C=O) groups excluding carboxylic acids is 1. The zero-order valence-electron chi connectivity index (χ0n) is 13.3. The summed E-state index contributed by atoms with van der Waals surface area (Å²) in [5.41, 5.74) is 0.563. The molecule has 0 spiro atoms. The minimum Gasteiger partial charge on any atom is -0.455 e. The van der Waals surface area contributed by atoms with Crippen LogP contribution in [0.4, 0.5) is 0 Å². The van der Waals surface area contributed by atoms with Gasteiger partial charge in [0, 0.05) is 5.57 Å². The third-order valence-corrected chi connectivity index (χ3v) is 6.34. The lowest BCUT2D eigenvalue weighted by atomic mass is 9.47. The summed E-state index contributed by atoms with van der Waals surface area (Å²) in [4.78, 5) is 12.4. The Labute approximate surface area is 123 Å². The minimum atomic E-state index is -0.186. The van der Waals surface area contributed by atoms with Gasteiger partial charge >= 0.3 is 5.97 Å². The van der Waals surface area contributed by atoms with E-state index in [9.17, 15) is 4.79 Å². The van der Waals surface area contributed by atoms with Gasteiger partial charge in [-0.25, -0.2) is 4.79 Å². The Balaban J connectivity index is 1.91. The molecule has 4 saturated carbocycles. The van der Waals surface area contributed by atoms with Crippen LogP contribution in [0.5, 0.6) is 0 Å². The highest BCUT2D eigenvalue weighted by atomic mass is 16.6. The lowest BCUT2D eigenvalue weighted by Gasteiger charge is -2.61. The number of carbonyl (C=O) groups is 1. The molecular weight excluding hydrogens is 248 g/mol. The van der Waals surface area contributed by atoms with Crippen LogP contribution in [0, 0.1) is 29.6 Å². The van der Waals surface area contributed by atoms with Gasteiger partial charge in [0.25, 0.3) is 0 Å². The fraction of sp³-hybridized carbons (Fsp3) is 0.833. The molecule has 4 fully saturated rings. The third-order valence-electron chi connectivity index (χ3n) is 6.34. The van der Waals surface area contributed by atoms with Gasteiger partial charge in [-0.05, 0) is 75.5 Å². The number of hydrogen-bond acceptors (Lipinski definition) is 2. The molecule has 0 aromatic rings. The topological polar surface area (TPSA) is 26.3 Å². The molecule has 4 aliphatic carbocycles. The summed E-state index contributed by atoms with van der Waals surface area (Å²) in [6, 6.07) is 0. The van der Waals surface area contributed by atoms with Crippen LogP contribution < -0.4 is 0 Å². The Hall–Kier alpha value is -0.790. The molecular formula is C18H28O2. The standard InChI is InChI=1S/C18H28O2/c1-5-12(4)17(19)20-18(11(2)3)15-7-13-6-14(9-15)10-16(18)8-13/h5,11,13-16H,6-10H2,1-4H3. The van der Waals surface area contributed by atoms with E-state index in [1.165, 1.54) is 32.1 Å². The van der Waals surface area contributed by atoms with Crippen molar-refractivity contribution >= 4 is 5.97 Å². The molecule has 0 aromatic carbocycles. The first-order valence-corrected chi connectivity index (χ1v) is 8.33. The Bertz CT molecular complexity index is 405. The first-order valence-electron chi connectivity index (χ1n) is 8.33. The van der Waals surface area contributed by atoms with Gasteiger partial charge in [-0.1, -0.05) is 19.9 Å². The van der Waals surface area contributed by atoms with Crippen LogP contribution in [0.25, 0.3) is 0 Å². The van der Waals surface area contributed by atoms with Gasteiger partial charge in [-0.2, -0.15) is 0 Å². The zero-order valence-corrected chi connectivity index (χ0v) is 13.3. The molecule has 0 atom stereocenters. The van der Waals surface area contributed by atoms with Crippen LogP contribution in [0.1, 0.15) is 59.8 Å². The van der Waals surface area contributed by atoms with Gasteiger partial charge in [0.2, 0.25) is 0 Å². The van der Waals surface area contributed by atoms with Crippen LogP contribution in [0.3, 0.4) is 0 Å². The summed E-state index contributed by atoms with van der Waals surface area (Å²) in [6.45, 7) is 8.28. The Morgan fingerprint density at radius 3 is 2.00 bits per heavy atom. The molecule has 0 amide bonds. The molecule has 0 aliphatic heterocycles. The maximum atomic E-state index is 12.4. The summed E-state index contributed by atoms with van der Waals surface area (Å²) in [7, 11) is 0. The Morgan fingerprint density at radius 2 is 1.60 bits per heavy atom. The summed E-state index contributed by atoms with van der Waals surface area (Å²) < 4.78 is 6.22. The van der Waals surface area contributed by atoms with Crippen LogP contribution in [-0.2, 0) is 9.53 Å². The summed E-state index contributed by atoms with van der Waals surface area (Å²) in [5, 5.41) is 0. The van der Waals surface area contributed by atoms with E-state index >= 15 is 0 Å². The molecule has 0 radical (unpaired) electrons. The van der Waals surface area contributed by atoms with Crippen LogP contribution in [0.15, 0.2) is 11.6 Å². The molecule has 4 bridgehead atoms. The van der Waals surface area contributed by atoms with Crippen molar-refractivity contribution in [3.05, 3.63) is 11.6 Å². The quantitative estimate of drug-likeness (QED) is 0.566. The molecule has 0 saturated heterocycles. The van der Waals surface area contributed by atoms with Crippen molar-refractivity contribution < 1.29 is 9.53 Å². The van der Waals surface area contributed by atoms with Crippen LogP contribution in [0.2, 0.25) is 0 Å². The minimum absolute atomic E-state index is 0.0892. The highest BCUT2D eigenvalue weighted by Gasteiger charge is 2.60. The summed E-state index contributed by atoms with van der Waals surface area (Å²) in [6.07, 6.45) is 8.44. The molecule has 2 nitrogen and oxygen atoms in total. The summed E-state index contributed by atoms with van der Waals surface area (Å²) in [5.74, 6) is 3.36. The SMILES string of the molecule is CC=C(C)C(=O)OC1(C(C)C)C2CC3CC(C2)CC1C3. The third kappa shape index (κ3) is 1.95. The zero-order chi connectivity index (χ0) is 14.5. The lowest BCUT2D eigenvalue weighted by Crippen LogP contribution is -2.62. The van der Waals surface area contributed by atoms with E-state index in [1.54, 1.807) is 0 Å². The number of esters is 1. The highest BCUT2D eigenvalue weighted by Crippen LogP contribution is 2.61. The molecule has 4 aliphatic rings. The largest absolute Gasteiger partial charge is 0.455 e. The lowest BCUT2D eigenvalue weighted by molar-refractivity contribution is -0.221. The van der Waals surface area contributed by atoms with Crippen molar-refractivity contribution in [2.75, 3.05) is 0 Å². The monoisotopic (exact) mass is 276 g/mol. The molecule has 0 N–H and O–H groups in total. The van der Waals surface area contributed by atoms with E-state index in [2.05, 4.69) is 13.8 Å². The molecule has 0 aromatic heterocycles. The first-order chi connectivity index (χ1) is 9.47. The van der Waals surface area contributed by atoms with E-state index in [4.69, 9.17) is 4.74 Å². The van der Waals surface area contributed by atoms with Gasteiger partial charge in [-0.3, -0.25) is 0 Å². The fourth-order valence-electron chi connectivity index (χ4n) is 5.51. The van der Waals surface area contributed by atoms with E-state index in [0.29, 0.717) is 17.8 Å². The molecule has 20 heavy (non-hydrogen) atoms. The number of ether oxygens (including phenoxy) is 1. The van der Waals surface area contributed by atoms with Crippen molar-refractivity contribution in [1.82, 2.24) is 0 Å². The Kier molecular flexibility index (Phi) is 3.46. The maximum absolute atomic E-state index is 12.4. The molecule has 4 rings (SSSR count). The second kappa shape index (κ2) is 4.89. The van der Waals surface area contributed by atoms with Gasteiger partial charge in [0.05, 0.1) is 0 Å². The predicted molar refractivity (Wildman–Crippen MR) is 80.1 cm³/mol. The number of rotatable bonds is 3. The maximum Gasteiger partial charge on any atom is 0.333 e. The molecule has 2 heteroatoms. The van der Waals surface area contributed by atoms with Gasteiger partial charge in [0.15, 0.2) is 0 Å². The van der Waals surface area contributed by atoms with E-state index in [-0.39, 0.29) is 11.6 Å². The summed E-state index contributed by atoms with van der Waals surface area (Å²) >= 11 is 0. The molecule has 112 valence electrons. The normalized spacial score (nSPS) is 43.1. The van der Waals surface area contributed by atoms with E-state index < -0.39 is 0 Å². The van der Waals surface area contributed by atoms with Gasteiger partial charge < -0.3 is 4.74 Å². The van der Waals surface area contributed by atoms with Crippen molar-refractivity contribution in [2.45, 2.75) is 65.4 Å². The predicted octanol–water partition coefficient (Wildman–Crippen LogP) is 4.35. The van der Waals surface area contributed by atoms with Gasteiger partial charge in [-0.15, -0.1) is 0 Å². The van der Waals surface area contributed by atoms with Crippen molar-refractivity contribution in [1.29, 1.82) is 0 Å². The molecule has 0 unspecified atom stereocenters. The average molecular weight is 276 g/mol. The highest BCUT2D eigenvalue weighted by molar-refractivity contribution is 5.88. The van der Waals surface area contributed by atoms with E-state index in [0.717, 1.165) is 17.4 Å². The molecule has 0 heterocycles. The van der Waals surface area contributed by atoms with Gasteiger partial charge in [0.1, 0.15) is 5.60 Å². The smallest absolute Gasteiger partial charge is 0.333 e. The first kappa shape index (κ1) is 14.2. The van der Waals surface area contributed by atoms with Crippen molar-refractivity contribution in [2.24, 2.45) is 29.6 Å².